The number of halogens is 2. The van der Waals surface area contributed by atoms with Gasteiger partial charge < -0.3 is 25.5 Å². The van der Waals surface area contributed by atoms with Crippen molar-refractivity contribution in [3.63, 3.8) is 0 Å². The third kappa shape index (κ3) is 7.86. The highest BCUT2D eigenvalue weighted by atomic mass is 35.5. The number of anilines is 3. The summed E-state index contributed by atoms with van der Waals surface area (Å²) in [7, 11) is 0. The molecule has 4 heterocycles. The number of benzene rings is 2. The van der Waals surface area contributed by atoms with Gasteiger partial charge in [0, 0.05) is 41.6 Å². The van der Waals surface area contributed by atoms with E-state index in [-0.39, 0.29) is 41.0 Å². The lowest BCUT2D eigenvalue weighted by Gasteiger charge is -2.24. The number of nitrogen functional groups attached to an aromatic ring is 1. The van der Waals surface area contributed by atoms with Gasteiger partial charge in [0.15, 0.2) is 0 Å². The monoisotopic (exact) mass is 762 g/mol. The van der Waals surface area contributed by atoms with E-state index in [4.69, 9.17) is 42.1 Å². The molecule has 0 saturated carbocycles. The van der Waals surface area contributed by atoms with Gasteiger partial charge in [0.25, 0.3) is 11.1 Å². The minimum Gasteiger partial charge on any atom is -0.407 e. The average Bonchev–Trinajstić information content (AvgIpc) is 3.11. The molecule has 0 aliphatic heterocycles. The highest BCUT2D eigenvalue weighted by Crippen LogP contribution is 2.33. The van der Waals surface area contributed by atoms with Gasteiger partial charge in [-0.2, -0.15) is 0 Å². The summed E-state index contributed by atoms with van der Waals surface area (Å²) >= 11 is 12.6. The highest BCUT2D eigenvalue weighted by Gasteiger charge is 2.21. The molecular formula is C40H40Cl2N10O2. The van der Waals surface area contributed by atoms with Gasteiger partial charge in [-0.15, -0.1) is 0 Å². The van der Waals surface area contributed by atoms with Crippen molar-refractivity contribution in [1.82, 2.24) is 24.1 Å². The molecule has 0 saturated heterocycles. The quantitative estimate of drug-likeness (QED) is 0.130. The molecule has 4 aromatic heterocycles. The van der Waals surface area contributed by atoms with E-state index in [9.17, 15) is 9.59 Å². The molecule has 0 aliphatic carbocycles. The first kappa shape index (κ1) is 39.3. The number of nitrogens with zero attached hydrogens (tertiary/aromatic N) is 7. The number of fused-ring (bicyclic) bond motifs is 2. The molecule has 0 fully saturated rings. The molecule has 6 rings (SSSR count). The number of nitrogens with two attached hydrogens (primary N) is 1. The van der Waals surface area contributed by atoms with Crippen molar-refractivity contribution >= 4 is 73.4 Å². The number of aromatic nitrogens is 5. The van der Waals surface area contributed by atoms with Gasteiger partial charge in [-0.1, -0.05) is 47.5 Å². The van der Waals surface area contributed by atoms with E-state index < -0.39 is 0 Å². The third-order valence-corrected chi connectivity index (χ3v) is 9.45. The Labute approximate surface area is 323 Å². The summed E-state index contributed by atoms with van der Waals surface area (Å²) < 4.78 is 3.45. The van der Waals surface area contributed by atoms with E-state index in [2.05, 4.69) is 35.3 Å². The molecule has 0 aliphatic rings. The number of rotatable bonds is 8. The Hall–Kier alpha value is -5.95. The second kappa shape index (κ2) is 16.4. The van der Waals surface area contributed by atoms with E-state index in [1.165, 1.54) is 6.20 Å². The van der Waals surface area contributed by atoms with Crippen molar-refractivity contribution in [3.8, 4) is 0 Å². The average molecular weight is 764 g/mol. The number of pyridine rings is 3. The fourth-order valence-corrected chi connectivity index (χ4v) is 6.87. The Morgan fingerprint density at radius 3 is 1.70 bits per heavy atom. The first-order valence-corrected chi connectivity index (χ1v) is 18.0. The Bertz CT molecular complexity index is 2470. The summed E-state index contributed by atoms with van der Waals surface area (Å²) in [5.74, 6) is 1.43. The summed E-state index contributed by atoms with van der Waals surface area (Å²) in [5, 5.41) is 9.96. The Morgan fingerprint density at radius 1 is 0.741 bits per heavy atom. The topological polar surface area (TPSA) is 141 Å². The Kier molecular flexibility index (Phi) is 11.9. The smallest absolute Gasteiger partial charge is 0.260 e. The summed E-state index contributed by atoms with van der Waals surface area (Å²) in [6, 6.07) is 15.7. The number of hydrogen-bond acceptors (Lipinski definition) is 8. The highest BCUT2D eigenvalue weighted by molar-refractivity contribution is 6.35. The number of hydrogen-bond donors (Lipinski definition) is 3. The van der Waals surface area contributed by atoms with Gasteiger partial charge >= 0.3 is 0 Å². The minimum atomic E-state index is -0.279. The molecule has 276 valence electrons. The first-order valence-electron chi connectivity index (χ1n) is 17.2. The van der Waals surface area contributed by atoms with E-state index in [1.54, 1.807) is 40.5 Å². The predicted molar refractivity (Wildman–Crippen MR) is 219 cm³/mol. The van der Waals surface area contributed by atoms with Crippen LogP contribution < -0.4 is 27.5 Å². The third-order valence-electron chi connectivity index (χ3n) is 8.82. The van der Waals surface area contributed by atoms with Crippen LogP contribution in [0.2, 0.25) is 10.0 Å². The van der Waals surface area contributed by atoms with Gasteiger partial charge in [-0.3, -0.25) is 19.6 Å². The SMILES string of the molecule is [C-]#[N+]c1c(N)ccnc1N[C@@H](C)c1cc2cccc(Cl)c2c(=O)n1C(C)C.[C-]#[N+]c1cnc(C)nc1N[C@@H](C)c1cc2cccc(Cl)c2c(=O)n1C(C)C. The van der Waals surface area contributed by atoms with Gasteiger partial charge in [-0.25, -0.2) is 14.7 Å². The largest absolute Gasteiger partial charge is 0.407 e. The van der Waals surface area contributed by atoms with Crippen LogP contribution in [0.3, 0.4) is 0 Å². The van der Waals surface area contributed by atoms with Crippen LogP contribution in [-0.2, 0) is 0 Å². The zero-order valence-corrected chi connectivity index (χ0v) is 32.5. The van der Waals surface area contributed by atoms with Crippen molar-refractivity contribution in [2.45, 2.75) is 72.6 Å². The van der Waals surface area contributed by atoms with Gasteiger partial charge in [0.05, 0.1) is 46.0 Å². The lowest BCUT2D eigenvalue weighted by atomic mass is 10.1. The molecule has 0 unspecified atom stereocenters. The Morgan fingerprint density at radius 2 is 1.24 bits per heavy atom. The molecule has 12 nitrogen and oxygen atoms in total. The van der Waals surface area contributed by atoms with E-state index in [0.717, 1.165) is 22.2 Å². The van der Waals surface area contributed by atoms with Crippen LogP contribution in [0.15, 0.2) is 76.6 Å². The van der Waals surface area contributed by atoms with Crippen molar-refractivity contribution in [2.75, 3.05) is 16.4 Å². The maximum Gasteiger partial charge on any atom is 0.260 e. The molecule has 14 heteroatoms. The molecule has 6 aromatic rings. The molecular weight excluding hydrogens is 723 g/mol. The van der Waals surface area contributed by atoms with Crippen LogP contribution in [0.5, 0.6) is 0 Å². The molecule has 2 aromatic carbocycles. The van der Waals surface area contributed by atoms with Crippen LogP contribution in [0.1, 0.15) is 82.9 Å². The lowest BCUT2D eigenvalue weighted by Crippen LogP contribution is -2.28. The number of nitrogens with one attached hydrogen (secondary N) is 2. The van der Waals surface area contributed by atoms with Gasteiger partial charge in [0.1, 0.15) is 17.5 Å². The first-order chi connectivity index (χ1) is 25.7. The summed E-state index contributed by atoms with van der Waals surface area (Å²) in [6.45, 7) is 28.1. The van der Waals surface area contributed by atoms with Crippen LogP contribution in [-0.4, -0.2) is 24.1 Å². The standard InChI is InChI=1S/2C20H20ClN5O/c1-11(2)26-17(9-14-7-6-8-15(21)18(14)20(26)27)12(3)24-19-16(22-5)10-23-13(4)25-19;1-11(2)26-16(10-13-6-5-7-14(21)17(13)20(26)27)12(3)25-19-18(23-4)15(22)8-9-24-19/h6-12H,1-4H3,(H,23,24,25);5-12H,1-3H3,(H3,22,24,25)/t2*12-/m00/s1. The van der Waals surface area contributed by atoms with Gasteiger partial charge in [-0.05, 0) is 89.6 Å². The molecule has 2 atom stereocenters. The molecule has 0 bridgehead atoms. The predicted octanol–water partition coefficient (Wildman–Crippen LogP) is 9.99. The van der Waals surface area contributed by atoms with Crippen LogP contribution in [0.4, 0.5) is 28.7 Å². The van der Waals surface area contributed by atoms with Crippen LogP contribution >= 0.6 is 23.2 Å². The summed E-state index contributed by atoms with van der Waals surface area (Å²) in [5.41, 5.74) is 8.18. The second-order valence-electron chi connectivity index (χ2n) is 13.3. The van der Waals surface area contributed by atoms with E-state index in [0.29, 0.717) is 49.7 Å². The van der Waals surface area contributed by atoms with Crippen molar-refractivity contribution in [3.05, 3.63) is 138 Å². The van der Waals surface area contributed by atoms with Crippen molar-refractivity contribution in [2.24, 2.45) is 0 Å². The zero-order valence-electron chi connectivity index (χ0n) is 30.9. The van der Waals surface area contributed by atoms with Gasteiger partial charge in [0.2, 0.25) is 11.4 Å². The maximum atomic E-state index is 13.1. The fraction of sp³-hybridized carbons (Fsp3) is 0.275. The van der Waals surface area contributed by atoms with E-state index in [1.807, 2.05) is 77.9 Å². The molecule has 54 heavy (non-hydrogen) atoms. The fourth-order valence-electron chi connectivity index (χ4n) is 6.34. The minimum absolute atomic E-state index is 0.0510. The normalized spacial score (nSPS) is 12.2. The Balaban J connectivity index is 0.000000208. The van der Waals surface area contributed by atoms with Crippen LogP contribution in [0, 0.1) is 20.1 Å². The lowest BCUT2D eigenvalue weighted by molar-refractivity contribution is 0.541. The van der Waals surface area contributed by atoms with Crippen LogP contribution in [0.25, 0.3) is 31.2 Å². The van der Waals surface area contributed by atoms with E-state index >= 15 is 0 Å². The maximum absolute atomic E-state index is 13.1. The number of aryl methyl sites for hydroxylation is 1. The zero-order chi connectivity index (χ0) is 39.4. The van der Waals surface area contributed by atoms with Crippen molar-refractivity contribution < 1.29 is 0 Å². The molecule has 0 radical (unpaired) electrons. The summed E-state index contributed by atoms with van der Waals surface area (Å²) in [4.78, 5) is 45.8. The molecule has 0 spiro atoms. The summed E-state index contributed by atoms with van der Waals surface area (Å²) in [6.07, 6.45) is 3.05. The second-order valence-corrected chi connectivity index (χ2v) is 14.1. The molecule has 4 N–H and O–H groups in total. The molecule has 0 amide bonds. The van der Waals surface area contributed by atoms with Crippen molar-refractivity contribution in [1.29, 1.82) is 0 Å².